The Morgan fingerprint density at radius 1 is 1.19 bits per heavy atom. The molecule has 2 atom stereocenters. The first kappa shape index (κ1) is 21.3. The second-order valence-corrected chi connectivity index (χ2v) is 6.83. The van der Waals surface area contributed by atoms with Crippen molar-refractivity contribution in [3.8, 4) is 11.4 Å². The van der Waals surface area contributed by atoms with Gasteiger partial charge in [-0.3, -0.25) is 19.1 Å². The van der Waals surface area contributed by atoms with Gasteiger partial charge in [-0.05, 0) is 36.4 Å². The molecule has 3 aromatic rings. The number of morpholine rings is 1. The van der Waals surface area contributed by atoms with Gasteiger partial charge in [0.25, 0.3) is 11.8 Å². The Hall–Kier alpha value is -3.90. The highest BCUT2D eigenvalue weighted by atomic mass is 19.2. The number of aromatic amines is 1. The lowest BCUT2D eigenvalue weighted by Gasteiger charge is -2.34. The van der Waals surface area contributed by atoms with Crippen molar-refractivity contribution in [3.05, 3.63) is 64.6 Å². The van der Waals surface area contributed by atoms with Crippen LogP contribution in [0.4, 0.5) is 20.2 Å². The van der Waals surface area contributed by atoms with Gasteiger partial charge in [-0.2, -0.15) is 0 Å². The van der Waals surface area contributed by atoms with Crippen molar-refractivity contribution in [1.29, 1.82) is 0 Å². The van der Waals surface area contributed by atoms with Gasteiger partial charge in [-0.15, -0.1) is 0 Å². The van der Waals surface area contributed by atoms with Gasteiger partial charge in [0.15, 0.2) is 29.7 Å². The molecule has 0 aliphatic carbocycles. The zero-order chi connectivity index (χ0) is 22.8. The molecule has 0 spiro atoms. The SMILES string of the molecule is O=C(Nc1ccc(-c2noc(=O)[nH]2)cc1)[C@H](O)[C@H]1OCCN(c2ccc(F)c(F)c2)C1=O. The Kier molecular flexibility index (Phi) is 5.79. The second kappa shape index (κ2) is 8.69. The number of carbonyl (C=O) groups is 2. The van der Waals surface area contributed by atoms with E-state index in [1.54, 1.807) is 12.1 Å². The molecule has 2 aromatic carbocycles. The standard InChI is InChI=1S/C20H16F2N4O6/c21-13-6-5-12(9-14(13)22)26-7-8-31-16(19(26)29)15(27)18(28)23-11-3-1-10(2-4-11)17-24-20(30)32-25-17/h1-6,9,15-16,27H,7-8H2,(H,23,28)(H,24,25,30)/t15-,16-/m1/s1. The van der Waals surface area contributed by atoms with Gasteiger partial charge in [-0.1, -0.05) is 5.16 Å². The van der Waals surface area contributed by atoms with Gasteiger partial charge in [0, 0.05) is 29.5 Å². The van der Waals surface area contributed by atoms with Crippen LogP contribution >= 0.6 is 0 Å². The summed E-state index contributed by atoms with van der Waals surface area (Å²) < 4.78 is 36.4. The average molecular weight is 446 g/mol. The molecule has 1 aliphatic heterocycles. The first-order chi connectivity index (χ1) is 15.3. The number of nitrogens with one attached hydrogen (secondary N) is 2. The Bertz CT molecular complexity index is 1210. The zero-order valence-corrected chi connectivity index (χ0v) is 16.2. The molecule has 0 unspecified atom stereocenters. The molecule has 4 rings (SSSR count). The molecule has 3 N–H and O–H groups in total. The molecule has 1 saturated heterocycles. The van der Waals surface area contributed by atoms with Crippen LogP contribution in [0, 0.1) is 11.6 Å². The van der Waals surface area contributed by atoms with Crippen molar-refractivity contribution in [2.45, 2.75) is 12.2 Å². The number of hydrogen-bond acceptors (Lipinski definition) is 7. The molecule has 12 heteroatoms. The molecule has 0 bridgehead atoms. The molecule has 0 radical (unpaired) electrons. The molecule has 2 amide bonds. The molecule has 2 heterocycles. The summed E-state index contributed by atoms with van der Waals surface area (Å²) in [4.78, 5) is 39.7. The molecular weight excluding hydrogens is 430 g/mol. The molecule has 32 heavy (non-hydrogen) atoms. The average Bonchev–Trinajstić information content (AvgIpc) is 3.22. The van der Waals surface area contributed by atoms with Crippen molar-refractivity contribution in [2.75, 3.05) is 23.4 Å². The largest absolute Gasteiger partial charge is 0.439 e. The Morgan fingerprint density at radius 3 is 2.59 bits per heavy atom. The van der Waals surface area contributed by atoms with Gasteiger partial charge in [-0.25, -0.2) is 13.6 Å². The van der Waals surface area contributed by atoms with Crippen LogP contribution in [0.3, 0.4) is 0 Å². The van der Waals surface area contributed by atoms with Crippen molar-refractivity contribution in [3.63, 3.8) is 0 Å². The van der Waals surface area contributed by atoms with E-state index in [0.717, 1.165) is 17.0 Å². The van der Waals surface area contributed by atoms with Gasteiger partial charge in [0.2, 0.25) is 0 Å². The number of ether oxygens (including phenoxy) is 1. The van der Waals surface area contributed by atoms with Crippen molar-refractivity contribution in [2.24, 2.45) is 0 Å². The maximum Gasteiger partial charge on any atom is 0.439 e. The first-order valence-corrected chi connectivity index (χ1v) is 9.37. The number of anilines is 2. The fourth-order valence-corrected chi connectivity index (χ4v) is 3.16. The predicted molar refractivity (Wildman–Crippen MR) is 106 cm³/mol. The lowest BCUT2D eigenvalue weighted by atomic mass is 10.1. The number of rotatable bonds is 5. The number of aliphatic hydroxyl groups is 1. The smallest absolute Gasteiger partial charge is 0.380 e. The van der Waals surface area contributed by atoms with Crippen molar-refractivity contribution in [1.82, 2.24) is 10.1 Å². The Labute approximate surface area is 178 Å². The highest BCUT2D eigenvalue weighted by molar-refractivity contribution is 6.03. The minimum Gasteiger partial charge on any atom is -0.380 e. The zero-order valence-electron chi connectivity index (χ0n) is 16.2. The van der Waals surface area contributed by atoms with Crippen LogP contribution < -0.4 is 16.0 Å². The van der Waals surface area contributed by atoms with E-state index in [-0.39, 0.29) is 24.7 Å². The van der Waals surface area contributed by atoms with E-state index in [2.05, 4.69) is 20.0 Å². The summed E-state index contributed by atoms with van der Waals surface area (Å²) in [6, 6.07) is 9.02. The van der Waals surface area contributed by atoms with Crippen LogP contribution in [0.25, 0.3) is 11.4 Å². The molecule has 10 nitrogen and oxygen atoms in total. The topological polar surface area (TPSA) is 138 Å². The van der Waals surface area contributed by atoms with Crippen LogP contribution in [-0.4, -0.2) is 52.4 Å². The summed E-state index contributed by atoms with van der Waals surface area (Å²) in [6.07, 6.45) is -3.39. The third-order valence-electron chi connectivity index (χ3n) is 4.76. The minimum atomic E-state index is -1.86. The van der Waals surface area contributed by atoms with Crippen LogP contribution in [0.1, 0.15) is 0 Å². The molecule has 0 saturated carbocycles. The number of aromatic nitrogens is 2. The third-order valence-corrected chi connectivity index (χ3v) is 4.76. The predicted octanol–water partition coefficient (Wildman–Crippen LogP) is 1.04. The number of halogens is 2. The number of hydrogen-bond donors (Lipinski definition) is 3. The number of amides is 2. The van der Waals surface area contributed by atoms with Gasteiger partial charge in [0.05, 0.1) is 6.61 Å². The monoisotopic (exact) mass is 446 g/mol. The molecular formula is C20H16F2N4O6. The lowest BCUT2D eigenvalue weighted by molar-refractivity contribution is -0.150. The Balaban J connectivity index is 1.44. The van der Waals surface area contributed by atoms with E-state index in [9.17, 15) is 28.3 Å². The van der Waals surface area contributed by atoms with E-state index >= 15 is 0 Å². The lowest BCUT2D eigenvalue weighted by Crippen LogP contribution is -2.55. The van der Waals surface area contributed by atoms with E-state index in [0.29, 0.717) is 11.3 Å². The number of nitrogens with zero attached hydrogens (tertiary/aromatic N) is 2. The summed E-state index contributed by atoms with van der Waals surface area (Å²) in [7, 11) is 0. The number of H-pyrrole nitrogens is 1. The second-order valence-electron chi connectivity index (χ2n) is 6.83. The number of benzene rings is 2. The first-order valence-electron chi connectivity index (χ1n) is 9.37. The van der Waals surface area contributed by atoms with E-state index in [4.69, 9.17) is 4.74 Å². The highest BCUT2D eigenvalue weighted by Gasteiger charge is 2.39. The molecule has 1 fully saturated rings. The maximum atomic E-state index is 13.5. The fourth-order valence-electron chi connectivity index (χ4n) is 3.16. The number of carbonyl (C=O) groups excluding carboxylic acids is 2. The summed E-state index contributed by atoms with van der Waals surface area (Å²) >= 11 is 0. The van der Waals surface area contributed by atoms with E-state index < -0.39 is 41.4 Å². The summed E-state index contributed by atoms with van der Waals surface area (Å²) in [5, 5.41) is 16.4. The van der Waals surface area contributed by atoms with E-state index in [1.807, 2.05) is 0 Å². The van der Waals surface area contributed by atoms with Gasteiger partial charge >= 0.3 is 5.76 Å². The highest BCUT2D eigenvalue weighted by Crippen LogP contribution is 2.23. The molecule has 1 aromatic heterocycles. The van der Waals surface area contributed by atoms with Crippen molar-refractivity contribution >= 4 is 23.2 Å². The van der Waals surface area contributed by atoms with Crippen LogP contribution in [0.15, 0.2) is 51.8 Å². The van der Waals surface area contributed by atoms with Crippen LogP contribution in [0.2, 0.25) is 0 Å². The fraction of sp³-hybridized carbons (Fsp3) is 0.200. The molecule has 1 aliphatic rings. The summed E-state index contributed by atoms with van der Waals surface area (Å²) in [5.74, 6) is -4.38. The summed E-state index contributed by atoms with van der Waals surface area (Å²) in [5.41, 5.74) is 0.892. The normalized spacial score (nSPS) is 17.3. The quantitative estimate of drug-likeness (QED) is 0.532. The van der Waals surface area contributed by atoms with Crippen LogP contribution in [0.5, 0.6) is 0 Å². The van der Waals surface area contributed by atoms with Gasteiger partial charge in [0.1, 0.15) is 0 Å². The Morgan fingerprint density at radius 2 is 1.94 bits per heavy atom. The number of aliphatic hydroxyl groups excluding tert-OH is 1. The van der Waals surface area contributed by atoms with Crippen LogP contribution in [-0.2, 0) is 14.3 Å². The summed E-state index contributed by atoms with van der Waals surface area (Å²) in [6.45, 7) is 0.0185. The minimum absolute atomic E-state index is 0.0235. The van der Waals surface area contributed by atoms with Crippen molar-refractivity contribution < 1.29 is 32.7 Å². The maximum absolute atomic E-state index is 13.5. The van der Waals surface area contributed by atoms with E-state index in [1.165, 1.54) is 18.2 Å². The molecule has 166 valence electrons. The van der Waals surface area contributed by atoms with Gasteiger partial charge < -0.3 is 20.1 Å². The third kappa shape index (κ3) is 4.26.